The topological polar surface area (TPSA) is 106 Å². The third-order valence-corrected chi connectivity index (χ3v) is 5.89. The third kappa shape index (κ3) is 3.39. The first-order valence-electron chi connectivity index (χ1n) is 7.88. The Morgan fingerprint density at radius 3 is 2.55 bits per heavy atom. The molecule has 3 rings (SSSR count). The van der Waals surface area contributed by atoms with Gasteiger partial charge >= 0.3 is 5.92 Å². The number of hydrogen-bond acceptors (Lipinski definition) is 6. The van der Waals surface area contributed by atoms with Crippen LogP contribution >= 0.6 is 0 Å². The fraction of sp³-hybridized carbons (Fsp3) is 0.222. The number of alkyl halides is 3. The van der Waals surface area contributed by atoms with Crippen molar-refractivity contribution in [2.24, 2.45) is 4.36 Å². The maximum Gasteiger partial charge on any atom is 0.312 e. The van der Waals surface area contributed by atoms with E-state index in [0.29, 0.717) is 0 Å². The molecule has 0 bridgehead atoms. The second kappa shape index (κ2) is 7.03. The van der Waals surface area contributed by atoms with Crippen LogP contribution in [0.15, 0.2) is 39.6 Å². The molecule has 150 valence electrons. The predicted molar refractivity (Wildman–Crippen MR) is 91.8 cm³/mol. The highest BCUT2D eigenvalue weighted by atomic mass is 32.2. The van der Waals surface area contributed by atoms with E-state index in [-0.39, 0.29) is 11.3 Å². The Morgan fingerprint density at radius 2 is 1.93 bits per heavy atom. The second-order valence-electron chi connectivity index (χ2n) is 6.21. The van der Waals surface area contributed by atoms with Crippen LogP contribution in [0.2, 0.25) is 0 Å². The Labute approximate surface area is 162 Å². The Bertz CT molecular complexity index is 1210. The molecule has 2 aromatic rings. The number of nitriles is 2. The van der Waals surface area contributed by atoms with Crippen molar-refractivity contribution in [3.63, 3.8) is 0 Å². The van der Waals surface area contributed by atoms with E-state index in [4.69, 9.17) is 15.3 Å². The van der Waals surface area contributed by atoms with Gasteiger partial charge in [-0.3, -0.25) is 0 Å². The molecule has 29 heavy (non-hydrogen) atoms. The van der Waals surface area contributed by atoms with Crippen LogP contribution in [0.1, 0.15) is 29.0 Å². The number of halogens is 4. The molecule has 1 aliphatic rings. The molecule has 0 amide bonds. The molecule has 0 spiro atoms. The van der Waals surface area contributed by atoms with E-state index in [1.165, 1.54) is 6.19 Å². The summed E-state index contributed by atoms with van der Waals surface area (Å²) in [6.45, 7) is 0. The molecule has 0 fully saturated rings. The predicted octanol–water partition coefficient (Wildman–Crippen LogP) is 4.12. The second-order valence-corrected chi connectivity index (χ2v) is 8.44. The van der Waals surface area contributed by atoms with E-state index in [2.05, 4.69) is 4.36 Å². The van der Waals surface area contributed by atoms with Crippen molar-refractivity contribution >= 4 is 9.73 Å². The lowest BCUT2D eigenvalue weighted by molar-refractivity contribution is -0.143. The number of nitrogens with zero attached hydrogens (tertiary/aromatic N) is 3. The maximum atomic E-state index is 14.6. The molecule has 0 heterocycles. The first kappa shape index (κ1) is 20.6. The summed E-state index contributed by atoms with van der Waals surface area (Å²) in [5, 5.41) is 27.6. The molecule has 0 aliphatic heterocycles. The fourth-order valence-corrected chi connectivity index (χ4v) is 4.23. The lowest BCUT2D eigenvalue weighted by Crippen LogP contribution is -2.24. The van der Waals surface area contributed by atoms with Gasteiger partial charge in [-0.1, -0.05) is 0 Å². The summed E-state index contributed by atoms with van der Waals surface area (Å²) in [5.41, 5.74) is -1.62. The average molecular weight is 425 g/mol. The number of aliphatic hydroxyl groups is 1. The van der Waals surface area contributed by atoms with E-state index >= 15 is 0 Å². The molecule has 2 unspecified atom stereocenters. The summed E-state index contributed by atoms with van der Waals surface area (Å²) in [5.74, 6) is -5.88. The first-order valence-corrected chi connectivity index (χ1v) is 9.80. The lowest BCUT2D eigenvalue weighted by atomic mass is 10.1. The summed E-state index contributed by atoms with van der Waals surface area (Å²) in [7, 11) is -3.55. The van der Waals surface area contributed by atoms with Crippen molar-refractivity contribution in [2.45, 2.75) is 23.1 Å². The first-order chi connectivity index (χ1) is 13.5. The summed E-state index contributed by atoms with van der Waals surface area (Å²) in [4.78, 5) is -0.439. The van der Waals surface area contributed by atoms with Gasteiger partial charge < -0.3 is 9.84 Å². The Balaban J connectivity index is 2.25. The Morgan fingerprint density at radius 1 is 1.24 bits per heavy atom. The fourth-order valence-electron chi connectivity index (χ4n) is 3.02. The van der Waals surface area contributed by atoms with Crippen LogP contribution in [-0.2, 0) is 9.73 Å². The zero-order valence-electron chi connectivity index (χ0n) is 14.6. The maximum absolute atomic E-state index is 14.6. The van der Waals surface area contributed by atoms with E-state index in [1.54, 1.807) is 6.07 Å². The number of aliphatic hydroxyl groups excluding tert-OH is 1. The smallest absolute Gasteiger partial charge is 0.312 e. The van der Waals surface area contributed by atoms with Crippen LogP contribution in [0.3, 0.4) is 0 Å². The largest absolute Gasteiger partial charge is 0.457 e. The van der Waals surface area contributed by atoms with Crippen LogP contribution < -0.4 is 4.74 Å². The van der Waals surface area contributed by atoms with Crippen molar-refractivity contribution in [3.8, 4) is 23.8 Å². The molecule has 0 aromatic heterocycles. The van der Waals surface area contributed by atoms with Gasteiger partial charge in [0.05, 0.1) is 26.3 Å². The lowest BCUT2D eigenvalue weighted by Gasteiger charge is -2.16. The quantitative estimate of drug-likeness (QED) is 0.588. The monoisotopic (exact) mass is 425 g/mol. The van der Waals surface area contributed by atoms with Gasteiger partial charge in [0.15, 0.2) is 6.17 Å². The minimum atomic E-state index is -4.27. The van der Waals surface area contributed by atoms with E-state index in [9.17, 15) is 26.9 Å². The molecule has 1 aliphatic carbocycles. The molecule has 2 aromatic carbocycles. The van der Waals surface area contributed by atoms with Gasteiger partial charge in [-0.2, -0.15) is 19.3 Å². The van der Waals surface area contributed by atoms with Crippen molar-refractivity contribution < 1.29 is 31.6 Å². The summed E-state index contributed by atoms with van der Waals surface area (Å²) >= 11 is 0. The zero-order valence-corrected chi connectivity index (χ0v) is 15.4. The Hall–Kier alpha value is -3.15. The SMILES string of the molecule is CS(=O)(=NC#N)c1ccc(Oc2cc(F)cc(C#N)c2)c2c1C(O)C(F)(F)[C@@H]2F. The number of ether oxygens (including phenoxy) is 1. The van der Waals surface area contributed by atoms with Crippen molar-refractivity contribution in [1.29, 1.82) is 10.5 Å². The highest BCUT2D eigenvalue weighted by Gasteiger charge is 2.58. The number of hydrogen-bond donors (Lipinski definition) is 1. The van der Waals surface area contributed by atoms with Gasteiger partial charge in [0.2, 0.25) is 6.19 Å². The molecular formula is C18H11F4N3O3S. The molecule has 6 nitrogen and oxygen atoms in total. The highest BCUT2D eigenvalue weighted by molar-refractivity contribution is 7.93. The van der Waals surface area contributed by atoms with Gasteiger partial charge in [0, 0.05) is 23.4 Å². The molecular weight excluding hydrogens is 414 g/mol. The molecule has 1 N–H and O–H groups in total. The molecule has 11 heteroatoms. The van der Waals surface area contributed by atoms with Crippen molar-refractivity contribution in [1.82, 2.24) is 0 Å². The number of benzene rings is 2. The summed E-state index contributed by atoms with van der Waals surface area (Å²) < 4.78 is 77.7. The van der Waals surface area contributed by atoms with Gasteiger partial charge in [-0.25, -0.2) is 13.0 Å². The standard InChI is InChI=1S/C18H11F4N3O3S/c1-29(27,25-8-24)13-3-2-12(14-15(13)17(26)18(21,22)16(14)20)28-11-5-9(7-23)4-10(19)6-11/h2-6,16-17,26H,1H3/t16-,17?,29?/m1/s1. The van der Waals surface area contributed by atoms with Gasteiger partial charge in [-0.15, -0.1) is 4.36 Å². The van der Waals surface area contributed by atoms with Gasteiger partial charge in [-0.05, 0) is 24.3 Å². The third-order valence-electron chi connectivity index (χ3n) is 4.29. The molecule has 0 radical (unpaired) electrons. The normalized spacial score (nSPS) is 21.4. The van der Waals surface area contributed by atoms with Gasteiger partial charge in [0.25, 0.3) is 0 Å². The van der Waals surface area contributed by atoms with Crippen molar-refractivity contribution in [3.05, 3.63) is 52.8 Å². The molecule has 0 saturated carbocycles. The van der Waals surface area contributed by atoms with Crippen LogP contribution in [0, 0.1) is 28.6 Å². The summed E-state index contributed by atoms with van der Waals surface area (Å²) in [6.07, 6.45) is -3.41. The van der Waals surface area contributed by atoms with E-state index < -0.39 is 55.5 Å². The van der Waals surface area contributed by atoms with Crippen LogP contribution in [-0.4, -0.2) is 21.5 Å². The van der Waals surface area contributed by atoms with Crippen LogP contribution in [0.5, 0.6) is 11.5 Å². The number of fused-ring (bicyclic) bond motifs is 1. The molecule has 0 saturated heterocycles. The minimum absolute atomic E-state index is 0.125. The van der Waals surface area contributed by atoms with Crippen molar-refractivity contribution in [2.75, 3.05) is 6.26 Å². The van der Waals surface area contributed by atoms with E-state index in [1.807, 2.05) is 0 Å². The van der Waals surface area contributed by atoms with Crippen LogP contribution in [0.4, 0.5) is 17.6 Å². The van der Waals surface area contributed by atoms with E-state index in [0.717, 1.165) is 36.6 Å². The van der Waals surface area contributed by atoms with Crippen LogP contribution in [0.25, 0.3) is 0 Å². The number of rotatable bonds is 3. The summed E-state index contributed by atoms with van der Waals surface area (Å²) in [6, 6.07) is 6.57. The zero-order chi connectivity index (χ0) is 21.6. The Kier molecular flexibility index (Phi) is 4.99. The average Bonchev–Trinajstić information content (AvgIpc) is 2.82. The molecule has 3 atom stereocenters. The minimum Gasteiger partial charge on any atom is -0.457 e. The highest BCUT2D eigenvalue weighted by Crippen LogP contribution is 2.57. The van der Waals surface area contributed by atoms with Gasteiger partial charge in [0.1, 0.15) is 23.4 Å².